The second-order valence-electron chi connectivity index (χ2n) is 3.48. The van der Waals surface area contributed by atoms with Crippen molar-refractivity contribution in [2.75, 3.05) is 19.5 Å². The molecule has 0 fully saturated rings. The van der Waals surface area contributed by atoms with Crippen molar-refractivity contribution in [3.8, 4) is 0 Å². The second kappa shape index (κ2) is 6.52. The van der Waals surface area contributed by atoms with E-state index in [2.05, 4.69) is 4.74 Å². The van der Waals surface area contributed by atoms with Crippen molar-refractivity contribution in [3.05, 3.63) is 29.8 Å². The van der Waals surface area contributed by atoms with Crippen molar-refractivity contribution in [2.45, 2.75) is 12.8 Å². The zero-order valence-corrected chi connectivity index (χ0v) is 9.64. The van der Waals surface area contributed by atoms with E-state index >= 15 is 0 Å². The number of methoxy groups -OCH3 is 1. The average molecular weight is 237 g/mol. The van der Waals surface area contributed by atoms with Crippen LogP contribution >= 0.6 is 0 Å². The Morgan fingerprint density at radius 2 is 2.06 bits per heavy atom. The van der Waals surface area contributed by atoms with Gasteiger partial charge in [0.05, 0.1) is 7.11 Å². The van der Waals surface area contributed by atoms with Crippen molar-refractivity contribution in [1.29, 1.82) is 0 Å². The van der Waals surface area contributed by atoms with Crippen LogP contribution in [0.2, 0.25) is 0 Å². The monoisotopic (exact) mass is 237 g/mol. The lowest BCUT2D eigenvalue weighted by atomic mass is 10.1. The summed E-state index contributed by atoms with van der Waals surface area (Å²) < 4.78 is 9.05. The molecule has 0 aromatic heterocycles. The normalized spacial score (nSPS) is 9.71. The third-order valence-corrected chi connectivity index (χ3v) is 2.15. The number of carbonyl (C=O) groups excluding carboxylic acids is 2. The first-order chi connectivity index (χ1) is 8.11. The lowest BCUT2D eigenvalue weighted by Crippen LogP contribution is -2.15. The lowest BCUT2D eigenvalue weighted by molar-refractivity contribution is -0.156. The summed E-state index contributed by atoms with van der Waals surface area (Å²) >= 11 is 0. The predicted molar refractivity (Wildman–Crippen MR) is 62.2 cm³/mol. The Balaban J connectivity index is 2.31. The van der Waals surface area contributed by atoms with Gasteiger partial charge < -0.3 is 15.2 Å². The number of hydrogen-bond acceptors (Lipinski definition) is 5. The number of esters is 2. The van der Waals surface area contributed by atoms with Crippen molar-refractivity contribution in [1.82, 2.24) is 0 Å². The number of benzene rings is 1. The molecule has 0 aliphatic heterocycles. The van der Waals surface area contributed by atoms with Crippen LogP contribution < -0.4 is 5.73 Å². The van der Waals surface area contributed by atoms with Gasteiger partial charge >= 0.3 is 11.9 Å². The summed E-state index contributed by atoms with van der Waals surface area (Å²) in [6, 6.07) is 7.28. The van der Waals surface area contributed by atoms with E-state index in [0.29, 0.717) is 12.1 Å². The van der Waals surface area contributed by atoms with Crippen LogP contribution in [0.4, 0.5) is 5.69 Å². The minimum absolute atomic E-state index is 0.209. The van der Waals surface area contributed by atoms with E-state index < -0.39 is 11.9 Å². The fraction of sp³-hybridized carbons (Fsp3) is 0.333. The molecule has 0 heterocycles. The standard InChI is InChI=1S/C12H15NO4/c1-16-12(15)8-17-11(14)6-5-9-3-2-4-10(13)7-9/h2-4,7H,5-6,8,13H2,1H3. The van der Waals surface area contributed by atoms with Crippen molar-refractivity contribution in [2.24, 2.45) is 0 Å². The summed E-state index contributed by atoms with van der Waals surface area (Å²) in [6.45, 7) is -0.341. The largest absolute Gasteiger partial charge is 0.466 e. The molecule has 0 aliphatic carbocycles. The highest BCUT2D eigenvalue weighted by Gasteiger charge is 2.07. The van der Waals surface area contributed by atoms with Crippen molar-refractivity contribution >= 4 is 17.6 Å². The number of rotatable bonds is 5. The first-order valence-electron chi connectivity index (χ1n) is 5.18. The van der Waals surface area contributed by atoms with Crippen LogP contribution in [0.3, 0.4) is 0 Å². The maximum absolute atomic E-state index is 11.3. The summed E-state index contributed by atoms with van der Waals surface area (Å²) in [5.41, 5.74) is 7.22. The Labute approximate surface area is 99.5 Å². The smallest absolute Gasteiger partial charge is 0.344 e. The molecule has 0 amide bonds. The van der Waals surface area contributed by atoms with Gasteiger partial charge in [0.15, 0.2) is 6.61 Å². The molecule has 0 atom stereocenters. The van der Waals surface area contributed by atoms with Gasteiger partial charge in [0.2, 0.25) is 0 Å². The van der Waals surface area contributed by atoms with Crippen LogP contribution in [-0.2, 0) is 25.5 Å². The van der Waals surface area contributed by atoms with E-state index in [1.54, 1.807) is 12.1 Å². The van der Waals surface area contributed by atoms with Crippen LogP contribution in [0.5, 0.6) is 0 Å². The van der Waals surface area contributed by atoms with Gasteiger partial charge in [0, 0.05) is 12.1 Å². The molecule has 0 bridgehead atoms. The van der Waals surface area contributed by atoms with Gasteiger partial charge in [-0.2, -0.15) is 0 Å². The zero-order chi connectivity index (χ0) is 12.7. The number of aryl methyl sites for hydroxylation is 1. The number of anilines is 1. The van der Waals surface area contributed by atoms with E-state index in [1.165, 1.54) is 7.11 Å². The summed E-state index contributed by atoms with van der Waals surface area (Å²) in [6.07, 6.45) is 0.742. The van der Waals surface area contributed by atoms with Crippen molar-refractivity contribution in [3.63, 3.8) is 0 Å². The Bertz CT molecular complexity index is 403. The first kappa shape index (κ1) is 13.0. The molecule has 0 unspecified atom stereocenters. The molecule has 1 rings (SSSR count). The second-order valence-corrected chi connectivity index (χ2v) is 3.48. The van der Waals surface area contributed by atoms with Crippen LogP contribution in [-0.4, -0.2) is 25.7 Å². The molecule has 2 N–H and O–H groups in total. The van der Waals surface area contributed by atoms with Gasteiger partial charge in [-0.15, -0.1) is 0 Å². The summed E-state index contributed by atoms with van der Waals surface area (Å²) in [5.74, 6) is -1.000. The molecule has 1 aromatic rings. The lowest BCUT2D eigenvalue weighted by Gasteiger charge is -2.04. The van der Waals surface area contributed by atoms with E-state index in [9.17, 15) is 9.59 Å². The average Bonchev–Trinajstić information content (AvgIpc) is 2.33. The molecule has 5 heteroatoms. The molecule has 17 heavy (non-hydrogen) atoms. The van der Waals surface area contributed by atoms with Gasteiger partial charge in [-0.25, -0.2) is 4.79 Å². The Morgan fingerprint density at radius 3 is 2.71 bits per heavy atom. The molecule has 92 valence electrons. The van der Waals surface area contributed by atoms with Gasteiger partial charge in [-0.1, -0.05) is 12.1 Å². The van der Waals surface area contributed by atoms with E-state index in [1.807, 2.05) is 12.1 Å². The summed E-state index contributed by atoms with van der Waals surface area (Å²) in [5, 5.41) is 0. The highest BCUT2D eigenvalue weighted by molar-refractivity contribution is 5.76. The maximum Gasteiger partial charge on any atom is 0.344 e. The third kappa shape index (κ3) is 5.01. The molecule has 0 aliphatic rings. The van der Waals surface area contributed by atoms with Crippen molar-refractivity contribution < 1.29 is 19.1 Å². The zero-order valence-electron chi connectivity index (χ0n) is 9.64. The minimum atomic E-state index is -0.567. The molecule has 1 aromatic carbocycles. The molecule has 5 nitrogen and oxygen atoms in total. The van der Waals surface area contributed by atoms with Crippen LogP contribution in [0.25, 0.3) is 0 Å². The number of hydrogen-bond donors (Lipinski definition) is 1. The molecule has 0 saturated carbocycles. The Kier molecular flexibility index (Phi) is 5.00. The van der Waals surface area contributed by atoms with E-state index in [-0.39, 0.29) is 13.0 Å². The van der Waals surface area contributed by atoms with E-state index in [0.717, 1.165) is 5.56 Å². The predicted octanol–water partition coefficient (Wildman–Crippen LogP) is 0.918. The number of carbonyl (C=O) groups is 2. The van der Waals surface area contributed by atoms with Gasteiger partial charge in [0.1, 0.15) is 0 Å². The fourth-order valence-corrected chi connectivity index (χ4v) is 1.27. The quantitative estimate of drug-likeness (QED) is 0.608. The topological polar surface area (TPSA) is 78.6 Å². The summed E-state index contributed by atoms with van der Waals surface area (Å²) in [4.78, 5) is 22.0. The highest BCUT2D eigenvalue weighted by atomic mass is 16.6. The molecular formula is C12H15NO4. The fourth-order valence-electron chi connectivity index (χ4n) is 1.27. The Hall–Kier alpha value is -2.04. The van der Waals surface area contributed by atoms with Gasteiger partial charge in [-0.3, -0.25) is 4.79 Å². The minimum Gasteiger partial charge on any atom is -0.466 e. The first-order valence-corrected chi connectivity index (χ1v) is 5.18. The van der Waals surface area contributed by atoms with Crippen LogP contribution in [0.1, 0.15) is 12.0 Å². The number of ether oxygens (including phenoxy) is 2. The number of nitrogen functional groups attached to an aromatic ring is 1. The molecule has 0 spiro atoms. The summed E-state index contributed by atoms with van der Waals surface area (Å²) in [7, 11) is 1.24. The van der Waals surface area contributed by atoms with E-state index in [4.69, 9.17) is 10.5 Å². The molecule has 0 radical (unpaired) electrons. The van der Waals surface area contributed by atoms with Crippen LogP contribution in [0.15, 0.2) is 24.3 Å². The Morgan fingerprint density at radius 1 is 1.29 bits per heavy atom. The van der Waals surface area contributed by atoms with Gasteiger partial charge in [0.25, 0.3) is 0 Å². The third-order valence-electron chi connectivity index (χ3n) is 2.15. The number of nitrogens with two attached hydrogens (primary N) is 1. The van der Waals surface area contributed by atoms with Crippen LogP contribution in [0, 0.1) is 0 Å². The highest BCUT2D eigenvalue weighted by Crippen LogP contribution is 2.09. The SMILES string of the molecule is COC(=O)COC(=O)CCc1cccc(N)c1. The molecule has 0 saturated heterocycles. The van der Waals surface area contributed by atoms with Gasteiger partial charge in [-0.05, 0) is 24.1 Å². The maximum atomic E-state index is 11.3. The molecular weight excluding hydrogens is 222 g/mol.